The first-order valence-corrected chi connectivity index (χ1v) is 6.90. The molecule has 0 aromatic heterocycles. The van der Waals surface area contributed by atoms with Crippen LogP contribution in [0.1, 0.15) is 42.5 Å². The van der Waals surface area contributed by atoms with E-state index in [0.717, 1.165) is 31.7 Å². The number of nitrogens with two attached hydrogens (primary N) is 1. The maximum atomic E-state index is 12.9. The van der Waals surface area contributed by atoms with Crippen molar-refractivity contribution in [2.75, 3.05) is 6.54 Å². The van der Waals surface area contributed by atoms with Crippen LogP contribution in [0.2, 0.25) is 5.02 Å². The minimum atomic E-state index is -0.455. The van der Waals surface area contributed by atoms with Crippen molar-refractivity contribution in [3.63, 3.8) is 0 Å². The first-order chi connectivity index (χ1) is 9.00. The lowest BCUT2D eigenvalue weighted by molar-refractivity contribution is 0.0938. The van der Waals surface area contributed by atoms with Gasteiger partial charge in [-0.25, -0.2) is 4.39 Å². The number of rotatable bonds is 3. The van der Waals surface area contributed by atoms with Gasteiger partial charge in [-0.1, -0.05) is 30.9 Å². The summed E-state index contributed by atoms with van der Waals surface area (Å²) in [6, 6.07) is 3.74. The van der Waals surface area contributed by atoms with Crippen LogP contribution in [0.5, 0.6) is 0 Å². The second-order valence-electron chi connectivity index (χ2n) is 5.23. The van der Waals surface area contributed by atoms with E-state index < -0.39 is 5.82 Å². The number of benzene rings is 1. The molecule has 0 heterocycles. The highest BCUT2D eigenvalue weighted by atomic mass is 35.5. The molecule has 1 fully saturated rings. The number of amides is 1. The van der Waals surface area contributed by atoms with Crippen LogP contribution in [0.4, 0.5) is 4.39 Å². The molecular formula is C14H18ClFN2O. The fourth-order valence-corrected chi connectivity index (χ4v) is 2.71. The van der Waals surface area contributed by atoms with Gasteiger partial charge in [-0.05, 0) is 31.0 Å². The van der Waals surface area contributed by atoms with Crippen LogP contribution in [0, 0.1) is 5.82 Å². The zero-order valence-electron chi connectivity index (χ0n) is 10.7. The maximum Gasteiger partial charge on any atom is 0.252 e. The Morgan fingerprint density at radius 3 is 2.68 bits per heavy atom. The standard InChI is InChI=1S/C14H18ClFN2O/c15-12-8-10(16)4-5-11(12)13(19)18-9-14(17)6-2-1-3-7-14/h4-5,8H,1-3,6-7,9,17H2,(H,18,19). The molecular weight excluding hydrogens is 267 g/mol. The lowest BCUT2D eigenvalue weighted by Gasteiger charge is -2.33. The zero-order valence-corrected chi connectivity index (χ0v) is 11.5. The van der Waals surface area contributed by atoms with Gasteiger partial charge in [0.2, 0.25) is 0 Å². The Morgan fingerprint density at radius 1 is 1.37 bits per heavy atom. The van der Waals surface area contributed by atoms with Crippen molar-refractivity contribution in [2.45, 2.75) is 37.6 Å². The Morgan fingerprint density at radius 2 is 2.05 bits per heavy atom. The maximum absolute atomic E-state index is 12.9. The van der Waals surface area contributed by atoms with Gasteiger partial charge in [-0.15, -0.1) is 0 Å². The first-order valence-electron chi connectivity index (χ1n) is 6.52. The molecule has 0 atom stereocenters. The molecule has 1 saturated carbocycles. The van der Waals surface area contributed by atoms with Crippen molar-refractivity contribution in [1.82, 2.24) is 5.32 Å². The van der Waals surface area contributed by atoms with E-state index in [2.05, 4.69) is 5.32 Å². The number of halogens is 2. The molecule has 0 unspecified atom stereocenters. The second kappa shape index (κ2) is 5.88. The number of hydrogen-bond donors (Lipinski definition) is 2. The SMILES string of the molecule is NC1(CNC(=O)c2ccc(F)cc2Cl)CCCCC1. The molecule has 1 aromatic carbocycles. The van der Waals surface area contributed by atoms with Gasteiger partial charge in [0.1, 0.15) is 5.82 Å². The molecule has 0 radical (unpaired) electrons. The summed E-state index contributed by atoms with van der Waals surface area (Å²) in [6.45, 7) is 0.430. The summed E-state index contributed by atoms with van der Waals surface area (Å²) < 4.78 is 12.9. The van der Waals surface area contributed by atoms with Gasteiger partial charge in [-0.2, -0.15) is 0 Å². The van der Waals surface area contributed by atoms with Gasteiger partial charge in [-0.3, -0.25) is 4.79 Å². The predicted octanol–water partition coefficient (Wildman–Crippen LogP) is 2.87. The summed E-state index contributed by atoms with van der Waals surface area (Å²) in [5, 5.41) is 2.92. The molecule has 19 heavy (non-hydrogen) atoms. The molecule has 0 aliphatic heterocycles. The minimum absolute atomic E-state index is 0.118. The fourth-order valence-electron chi connectivity index (χ4n) is 2.46. The number of carbonyl (C=O) groups is 1. The average Bonchev–Trinajstić information content (AvgIpc) is 2.37. The number of nitrogens with one attached hydrogen (secondary N) is 1. The third-order valence-corrected chi connectivity index (χ3v) is 3.94. The van der Waals surface area contributed by atoms with Gasteiger partial charge >= 0.3 is 0 Å². The monoisotopic (exact) mass is 284 g/mol. The number of hydrogen-bond acceptors (Lipinski definition) is 2. The minimum Gasteiger partial charge on any atom is -0.350 e. The van der Waals surface area contributed by atoms with Crippen molar-refractivity contribution < 1.29 is 9.18 Å². The summed E-state index contributed by atoms with van der Waals surface area (Å²) in [4.78, 5) is 12.0. The molecule has 2 rings (SSSR count). The van der Waals surface area contributed by atoms with Crippen LogP contribution >= 0.6 is 11.6 Å². The van der Waals surface area contributed by atoms with Crippen LogP contribution in [-0.4, -0.2) is 18.0 Å². The third-order valence-electron chi connectivity index (χ3n) is 3.63. The Kier molecular flexibility index (Phi) is 4.42. The smallest absolute Gasteiger partial charge is 0.252 e. The van der Waals surface area contributed by atoms with E-state index in [1.54, 1.807) is 0 Å². The Labute approximate surface area is 117 Å². The van der Waals surface area contributed by atoms with Gasteiger partial charge in [0.05, 0.1) is 10.6 Å². The predicted molar refractivity (Wildman–Crippen MR) is 73.7 cm³/mol. The van der Waals surface area contributed by atoms with E-state index >= 15 is 0 Å². The summed E-state index contributed by atoms with van der Waals surface area (Å²) in [6.07, 6.45) is 5.25. The summed E-state index contributed by atoms with van der Waals surface area (Å²) >= 11 is 5.85. The Bertz CT molecular complexity index is 473. The van der Waals surface area contributed by atoms with Crippen molar-refractivity contribution in [2.24, 2.45) is 5.73 Å². The van der Waals surface area contributed by atoms with Crippen molar-refractivity contribution in [1.29, 1.82) is 0 Å². The average molecular weight is 285 g/mol. The fraction of sp³-hybridized carbons (Fsp3) is 0.500. The highest BCUT2D eigenvalue weighted by molar-refractivity contribution is 6.33. The lowest BCUT2D eigenvalue weighted by atomic mass is 9.82. The molecule has 3 nitrogen and oxygen atoms in total. The molecule has 1 amide bonds. The van der Waals surface area contributed by atoms with E-state index in [1.807, 2.05) is 0 Å². The van der Waals surface area contributed by atoms with E-state index in [1.165, 1.54) is 18.6 Å². The summed E-state index contributed by atoms with van der Waals surface area (Å²) in [5.41, 5.74) is 6.20. The van der Waals surface area contributed by atoms with Crippen molar-refractivity contribution in [3.05, 3.63) is 34.6 Å². The Hall–Kier alpha value is -1.13. The molecule has 0 bridgehead atoms. The normalized spacial score (nSPS) is 18.1. The van der Waals surface area contributed by atoms with Gasteiger partial charge in [0.15, 0.2) is 0 Å². The first kappa shape index (κ1) is 14.3. The largest absolute Gasteiger partial charge is 0.350 e. The van der Waals surface area contributed by atoms with E-state index in [4.69, 9.17) is 17.3 Å². The van der Waals surface area contributed by atoms with Crippen molar-refractivity contribution >= 4 is 17.5 Å². The van der Waals surface area contributed by atoms with E-state index in [-0.39, 0.29) is 22.0 Å². The van der Waals surface area contributed by atoms with E-state index in [0.29, 0.717) is 6.54 Å². The van der Waals surface area contributed by atoms with Gasteiger partial charge < -0.3 is 11.1 Å². The van der Waals surface area contributed by atoms with Crippen LogP contribution in [0.15, 0.2) is 18.2 Å². The lowest BCUT2D eigenvalue weighted by Crippen LogP contribution is -2.51. The van der Waals surface area contributed by atoms with Crippen LogP contribution in [-0.2, 0) is 0 Å². The van der Waals surface area contributed by atoms with E-state index in [9.17, 15) is 9.18 Å². The highest BCUT2D eigenvalue weighted by Gasteiger charge is 2.28. The highest BCUT2D eigenvalue weighted by Crippen LogP contribution is 2.25. The number of carbonyl (C=O) groups excluding carboxylic acids is 1. The molecule has 3 N–H and O–H groups in total. The zero-order chi connectivity index (χ0) is 13.9. The second-order valence-corrected chi connectivity index (χ2v) is 5.64. The summed E-state index contributed by atoms with van der Waals surface area (Å²) in [5.74, 6) is -0.760. The molecule has 1 aromatic rings. The molecule has 1 aliphatic rings. The molecule has 104 valence electrons. The van der Waals surface area contributed by atoms with Crippen LogP contribution in [0.3, 0.4) is 0 Å². The van der Waals surface area contributed by atoms with Crippen molar-refractivity contribution in [3.8, 4) is 0 Å². The molecule has 1 aliphatic carbocycles. The quantitative estimate of drug-likeness (QED) is 0.897. The molecule has 5 heteroatoms. The molecule has 0 spiro atoms. The Balaban J connectivity index is 1.97. The topological polar surface area (TPSA) is 55.1 Å². The summed E-state index contributed by atoms with van der Waals surface area (Å²) in [7, 11) is 0. The third kappa shape index (κ3) is 3.67. The van der Waals surface area contributed by atoms with Gasteiger partial charge in [0.25, 0.3) is 5.91 Å². The van der Waals surface area contributed by atoms with Crippen LogP contribution in [0.25, 0.3) is 0 Å². The van der Waals surface area contributed by atoms with Gasteiger partial charge in [0, 0.05) is 12.1 Å². The van der Waals surface area contributed by atoms with Crippen LogP contribution < -0.4 is 11.1 Å². The molecule has 0 saturated heterocycles.